The van der Waals surface area contributed by atoms with Gasteiger partial charge in [-0.15, -0.1) is 0 Å². The molecule has 0 unspecified atom stereocenters. The van der Waals surface area contributed by atoms with Crippen LogP contribution < -0.4 is 0 Å². The van der Waals surface area contributed by atoms with Crippen LogP contribution in [0.3, 0.4) is 0 Å². The summed E-state index contributed by atoms with van der Waals surface area (Å²) in [5, 5.41) is 0.539. The Bertz CT molecular complexity index is 473. The van der Waals surface area contributed by atoms with Crippen molar-refractivity contribution < 1.29 is 0 Å². The van der Waals surface area contributed by atoms with E-state index >= 15 is 0 Å². The zero-order valence-corrected chi connectivity index (χ0v) is 10.4. The second-order valence-electron chi connectivity index (χ2n) is 4.02. The molecule has 2 rings (SSSR count). The van der Waals surface area contributed by atoms with Gasteiger partial charge in [0, 0.05) is 31.7 Å². The zero-order valence-electron chi connectivity index (χ0n) is 9.68. The molecule has 2 aromatic heterocycles. The highest BCUT2D eigenvalue weighted by Gasteiger charge is 2.02. The molecule has 2 heterocycles. The molecule has 0 atom stereocenters. The van der Waals surface area contributed by atoms with Gasteiger partial charge in [0.25, 0.3) is 0 Å². The van der Waals surface area contributed by atoms with Crippen LogP contribution in [0.15, 0.2) is 42.9 Å². The number of hydrogen-bond donors (Lipinski definition) is 0. The second-order valence-corrected chi connectivity index (χ2v) is 4.41. The Morgan fingerprint density at radius 1 is 1.18 bits per heavy atom. The van der Waals surface area contributed by atoms with Crippen molar-refractivity contribution in [2.75, 3.05) is 7.05 Å². The maximum Gasteiger partial charge on any atom is 0.129 e. The maximum atomic E-state index is 5.85. The minimum absolute atomic E-state index is 0.539. The highest BCUT2D eigenvalue weighted by atomic mass is 35.5. The number of rotatable bonds is 4. The summed E-state index contributed by atoms with van der Waals surface area (Å²) in [6, 6.07) is 7.89. The monoisotopic (exact) mass is 247 g/mol. The van der Waals surface area contributed by atoms with Crippen molar-refractivity contribution in [1.82, 2.24) is 14.9 Å². The van der Waals surface area contributed by atoms with Crippen molar-refractivity contribution in [3.05, 3.63) is 59.1 Å². The molecular weight excluding hydrogens is 234 g/mol. The smallest absolute Gasteiger partial charge is 0.129 e. The summed E-state index contributed by atoms with van der Waals surface area (Å²) in [4.78, 5) is 10.3. The summed E-state index contributed by atoms with van der Waals surface area (Å²) in [7, 11) is 2.07. The third-order valence-electron chi connectivity index (χ3n) is 2.42. The Labute approximate surface area is 106 Å². The molecule has 0 saturated heterocycles. The summed E-state index contributed by atoms with van der Waals surface area (Å²) >= 11 is 5.85. The van der Waals surface area contributed by atoms with E-state index in [-0.39, 0.29) is 0 Å². The van der Waals surface area contributed by atoms with Crippen molar-refractivity contribution in [2.24, 2.45) is 0 Å². The van der Waals surface area contributed by atoms with Crippen LogP contribution in [-0.2, 0) is 13.1 Å². The van der Waals surface area contributed by atoms with E-state index in [1.807, 2.05) is 24.4 Å². The van der Waals surface area contributed by atoms with Gasteiger partial charge in [-0.1, -0.05) is 17.7 Å². The Hall–Kier alpha value is -1.45. The molecule has 0 aliphatic heterocycles. The van der Waals surface area contributed by atoms with Crippen LogP contribution in [-0.4, -0.2) is 21.9 Å². The van der Waals surface area contributed by atoms with Gasteiger partial charge < -0.3 is 0 Å². The topological polar surface area (TPSA) is 29.0 Å². The predicted octanol–water partition coefficient (Wildman–Crippen LogP) is 2.76. The minimum Gasteiger partial charge on any atom is -0.298 e. The molecule has 0 radical (unpaired) electrons. The number of nitrogens with zero attached hydrogens (tertiary/aromatic N) is 3. The van der Waals surface area contributed by atoms with Gasteiger partial charge in [0.2, 0.25) is 0 Å². The highest BCUT2D eigenvalue weighted by Crippen LogP contribution is 2.10. The third kappa shape index (κ3) is 3.80. The average Bonchev–Trinajstić information content (AvgIpc) is 2.30. The Kier molecular flexibility index (Phi) is 4.07. The van der Waals surface area contributed by atoms with E-state index in [1.165, 1.54) is 5.56 Å². The summed E-state index contributed by atoms with van der Waals surface area (Å²) in [6.45, 7) is 1.71. The van der Waals surface area contributed by atoms with E-state index in [4.69, 9.17) is 11.6 Å². The lowest BCUT2D eigenvalue weighted by Gasteiger charge is -2.16. The largest absolute Gasteiger partial charge is 0.298 e. The van der Waals surface area contributed by atoms with E-state index in [9.17, 15) is 0 Å². The second kappa shape index (κ2) is 5.75. The Morgan fingerprint density at radius 2 is 2.00 bits per heavy atom. The van der Waals surface area contributed by atoms with Gasteiger partial charge in [0.1, 0.15) is 5.15 Å². The number of pyridine rings is 2. The van der Waals surface area contributed by atoms with Crippen molar-refractivity contribution in [2.45, 2.75) is 13.1 Å². The van der Waals surface area contributed by atoms with Crippen molar-refractivity contribution in [3.8, 4) is 0 Å². The van der Waals surface area contributed by atoms with Crippen molar-refractivity contribution in [1.29, 1.82) is 0 Å². The van der Waals surface area contributed by atoms with Crippen molar-refractivity contribution in [3.63, 3.8) is 0 Å². The lowest BCUT2D eigenvalue weighted by atomic mass is 10.2. The summed E-state index contributed by atoms with van der Waals surface area (Å²) in [5.74, 6) is 0. The molecule has 4 heteroatoms. The molecule has 88 valence electrons. The molecule has 0 fully saturated rings. The maximum absolute atomic E-state index is 5.85. The summed E-state index contributed by atoms with van der Waals surface area (Å²) in [6.07, 6.45) is 5.40. The van der Waals surface area contributed by atoms with Gasteiger partial charge in [0.05, 0.1) is 0 Å². The normalized spacial score (nSPS) is 10.8. The molecule has 2 aromatic rings. The lowest BCUT2D eigenvalue weighted by Crippen LogP contribution is -2.17. The van der Waals surface area contributed by atoms with Crippen LogP contribution in [0.25, 0.3) is 0 Å². The molecule has 0 amide bonds. The van der Waals surface area contributed by atoms with Gasteiger partial charge in [-0.3, -0.25) is 9.88 Å². The quantitative estimate of drug-likeness (QED) is 0.778. The number of halogens is 1. The van der Waals surface area contributed by atoms with Crippen LogP contribution in [0.2, 0.25) is 5.15 Å². The molecule has 0 spiro atoms. The van der Waals surface area contributed by atoms with Gasteiger partial charge >= 0.3 is 0 Å². The molecule has 0 N–H and O–H groups in total. The fraction of sp³-hybridized carbons (Fsp3) is 0.231. The fourth-order valence-corrected chi connectivity index (χ4v) is 1.91. The van der Waals surface area contributed by atoms with E-state index in [0.717, 1.165) is 18.7 Å². The Morgan fingerprint density at radius 3 is 2.71 bits per heavy atom. The van der Waals surface area contributed by atoms with Gasteiger partial charge in [-0.25, -0.2) is 4.98 Å². The molecule has 0 bridgehead atoms. The number of aromatic nitrogens is 2. The molecule has 17 heavy (non-hydrogen) atoms. The molecule has 0 aromatic carbocycles. The SMILES string of the molecule is CN(Cc1cccnc1)Cc1ccnc(Cl)c1. The predicted molar refractivity (Wildman–Crippen MR) is 68.7 cm³/mol. The van der Waals surface area contributed by atoms with Crippen LogP contribution >= 0.6 is 11.6 Å². The van der Waals surface area contributed by atoms with Crippen molar-refractivity contribution >= 4 is 11.6 Å². The third-order valence-corrected chi connectivity index (χ3v) is 2.63. The first-order valence-electron chi connectivity index (χ1n) is 5.42. The fourth-order valence-electron chi connectivity index (χ4n) is 1.71. The zero-order chi connectivity index (χ0) is 12.1. The lowest BCUT2D eigenvalue weighted by molar-refractivity contribution is 0.318. The first kappa shape index (κ1) is 12.0. The highest BCUT2D eigenvalue weighted by molar-refractivity contribution is 6.29. The van der Waals surface area contributed by atoms with E-state index in [1.54, 1.807) is 12.4 Å². The molecule has 3 nitrogen and oxygen atoms in total. The molecular formula is C13H14ClN3. The molecule has 0 saturated carbocycles. The first-order valence-corrected chi connectivity index (χ1v) is 5.80. The summed E-state index contributed by atoms with van der Waals surface area (Å²) < 4.78 is 0. The van der Waals surface area contributed by atoms with E-state index < -0.39 is 0 Å². The van der Waals surface area contributed by atoms with Crippen LogP contribution in [0, 0.1) is 0 Å². The van der Waals surface area contributed by atoms with Crippen LogP contribution in [0.4, 0.5) is 0 Å². The van der Waals surface area contributed by atoms with Gasteiger partial charge in [-0.2, -0.15) is 0 Å². The van der Waals surface area contributed by atoms with Crippen LogP contribution in [0.1, 0.15) is 11.1 Å². The van der Waals surface area contributed by atoms with E-state index in [2.05, 4.69) is 28.0 Å². The Balaban J connectivity index is 1.96. The molecule has 0 aliphatic carbocycles. The van der Waals surface area contributed by atoms with Gasteiger partial charge in [0.15, 0.2) is 0 Å². The number of hydrogen-bond acceptors (Lipinski definition) is 3. The average molecular weight is 248 g/mol. The summed E-state index contributed by atoms with van der Waals surface area (Å²) in [5.41, 5.74) is 2.37. The molecule has 0 aliphatic rings. The van der Waals surface area contributed by atoms with E-state index in [0.29, 0.717) is 5.15 Å². The van der Waals surface area contributed by atoms with Crippen LogP contribution in [0.5, 0.6) is 0 Å². The minimum atomic E-state index is 0.539. The van der Waals surface area contributed by atoms with Gasteiger partial charge in [-0.05, 0) is 36.4 Å². The first-order chi connectivity index (χ1) is 8.24. The standard InChI is InChI=1S/C13H14ClN3/c1-17(10-12-3-2-5-15-8-12)9-11-4-6-16-13(14)7-11/h2-8H,9-10H2,1H3.